The monoisotopic (exact) mass is 640 g/mol. The van der Waals surface area contributed by atoms with Crippen LogP contribution in [0.15, 0.2) is 0 Å². The van der Waals surface area contributed by atoms with E-state index in [1.807, 2.05) is 0 Å². The van der Waals surface area contributed by atoms with Crippen LogP contribution in [-0.2, 0) is 9.47 Å². The highest BCUT2D eigenvalue weighted by Gasteiger charge is 2.95. The van der Waals surface area contributed by atoms with Crippen LogP contribution in [0.3, 0.4) is 0 Å². The molecule has 1 heterocycles. The molecular weight excluding hydrogens is 623 g/mol. The summed E-state index contributed by atoms with van der Waals surface area (Å²) in [5.41, 5.74) is 0. The van der Waals surface area contributed by atoms with Gasteiger partial charge in [-0.3, -0.25) is 0 Å². The number of hydrogen-bond acceptors (Lipinski definition) is 6. The molecule has 1 aliphatic rings. The fraction of sp³-hybridized carbons (Fsp3) is 1.00. The van der Waals surface area contributed by atoms with E-state index >= 15 is 0 Å². The highest BCUT2D eigenvalue weighted by molar-refractivity contribution is 5.15. The van der Waals surface area contributed by atoms with Gasteiger partial charge < -0.3 is 29.9 Å². The Hall–Kier alpha value is -1.43. The van der Waals surface area contributed by atoms with Gasteiger partial charge in [0, 0.05) is 13.0 Å². The van der Waals surface area contributed by atoms with Crippen LogP contribution in [0, 0.1) is 0 Å². The molecule has 0 unspecified atom stereocenters. The molecule has 40 heavy (non-hydrogen) atoms. The fourth-order valence-corrected chi connectivity index (χ4v) is 3.02. The number of aliphatic hydroxyl groups excluding tert-OH is 4. The largest absolute Gasteiger partial charge is 0.460 e. The summed E-state index contributed by atoms with van der Waals surface area (Å²) in [6, 6.07) is 0. The maximum absolute atomic E-state index is 13.8. The molecule has 0 amide bonds. The quantitative estimate of drug-likeness (QED) is 0.193. The van der Waals surface area contributed by atoms with Crippen LogP contribution >= 0.6 is 0 Å². The number of aliphatic hydroxyl groups is 4. The second-order valence-electron chi connectivity index (χ2n) is 8.36. The number of rotatable bonds is 12. The molecule has 0 aliphatic carbocycles. The zero-order valence-corrected chi connectivity index (χ0v) is 18.7. The van der Waals surface area contributed by atoms with E-state index in [0.717, 1.165) is 0 Å². The molecule has 6 nitrogen and oxygen atoms in total. The Bertz CT molecular complexity index is 864. The molecule has 0 spiro atoms. The molecular formula is C17H17F17O6. The van der Waals surface area contributed by atoms with E-state index in [0.29, 0.717) is 0 Å². The van der Waals surface area contributed by atoms with Gasteiger partial charge in [0.1, 0.15) is 24.4 Å². The summed E-state index contributed by atoms with van der Waals surface area (Å²) in [6.45, 7) is -2.27. The van der Waals surface area contributed by atoms with Crippen molar-refractivity contribution in [2.75, 3.05) is 13.2 Å². The number of hydrogen-bond donors (Lipinski definition) is 4. The minimum Gasteiger partial charge on any atom is -0.387 e. The second kappa shape index (κ2) is 11.0. The van der Waals surface area contributed by atoms with Crippen molar-refractivity contribution in [1.29, 1.82) is 0 Å². The van der Waals surface area contributed by atoms with Gasteiger partial charge in [-0.25, -0.2) is 0 Å². The molecule has 4 N–H and O–H groups in total. The Morgan fingerprint density at radius 3 is 1.35 bits per heavy atom. The first-order valence-electron chi connectivity index (χ1n) is 10.1. The van der Waals surface area contributed by atoms with Gasteiger partial charge in [-0.05, 0) is 6.42 Å². The minimum absolute atomic E-state index is 1.01. The van der Waals surface area contributed by atoms with E-state index in [9.17, 15) is 95.1 Å². The summed E-state index contributed by atoms with van der Waals surface area (Å²) in [7, 11) is 0. The summed E-state index contributed by atoms with van der Waals surface area (Å²) in [5, 5.41) is 37.5. The Morgan fingerprint density at radius 2 is 0.925 bits per heavy atom. The zero-order valence-electron chi connectivity index (χ0n) is 18.7. The maximum atomic E-state index is 13.8. The van der Waals surface area contributed by atoms with Gasteiger partial charge in [-0.15, -0.1) is 0 Å². The number of halogens is 17. The molecule has 0 saturated carbocycles. The minimum atomic E-state index is -8.70. The molecule has 23 heteroatoms. The molecule has 1 saturated heterocycles. The van der Waals surface area contributed by atoms with Crippen molar-refractivity contribution in [3.63, 3.8) is 0 Å². The van der Waals surface area contributed by atoms with Crippen LogP contribution in [0.1, 0.15) is 12.8 Å². The average molecular weight is 640 g/mol. The highest BCUT2D eigenvalue weighted by atomic mass is 19.4. The van der Waals surface area contributed by atoms with E-state index in [4.69, 9.17) is 0 Å². The Kier molecular flexibility index (Phi) is 10.1. The van der Waals surface area contributed by atoms with Crippen LogP contribution in [0.25, 0.3) is 0 Å². The molecule has 0 aromatic rings. The summed E-state index contributed by atoms with van der Waals surface area (Å²) in [5.74, 6) is -56.9. The molecule has 0 radical (unpaired) electrons. The third-order valence-corrected chi connectivity index (χ3v) is 5.54. The molecule has 1 fully saturated rings. The van der Waals surface area contributed by atoms with Gasteiger partial charge in [0.2, 0.25) is 0 Å². The van der Waals surface area contributed by atoms with Crippen LogP contribution in [0.2, 0.25) is 0 Å². The molecule has 5 atom stereocenters. The van der Waals surface area contributed by atoms with Crippen LogP contribution in [-0.4, -0.2) is 112 Å². The van der Waals surface area contributed by atoms with Crippen molar-refractivity contribution in [3.05, 3.63) is 0 Å². The topological polar surface area (TPSA) is 99.4 Å². The third-order valence-electron chi connectivity index (χ3n) is 5.54. The van der Waals surface area contributed by atoms with Crippen molar-refractivity contribution in [2.45, 2.75) is 91.2 Å². The lowest BCUT2D eigenvalue weighted by atomic mass is 9.88. The Labute approximate surface area is 210 Å². The van der Waals surface area contributed by atoms with Gasteiger partial charge in [0.15, 0.2) is 6.29 Å². The number of ether oxygens (including phenoxy) is 2. The average Bonchev–Trinajstić information content (AvgIpc) is 2.78. The van der Waals surface area contributed by atoms with Gasteiger partial charge in [0.05, 0.1) is 6.61 Å². The highest BCUT2D eigenvalue weighted by Crippen LogP contribution is 2.64. The van der Waals surface area contributed by atoms with E-state index < -0.39 is 104 Å². The summed E-state index contributed by atoms with van der Waals surface area (Å²) >= 11 is 0. The molecule has 0 aromatic heterocycles. The van der Waals surface area contributed by atoms with Crippen molar-refractivity contribution in [3.8, 4) is 0 Å². The van der Waals surface area contributed by atoms with Crippen LogP contribution < -0.4 is 0 Å². The van der Waals surface area contributed by atoms with Gasteiger partial charge in [0.25, 0.3) is 0 Å². The van der Waals surface area contributed by atoms with Crippen LogP contribution in [0.4, 0.5) is 74.6 Å². The predicted octanol–water partition coefficient (Wildman–Crippen LogP) is 3.59. The zero-order chi connectivity index (χ0) is 32.1. The first-order chi connectivity index (χ1) is 17.5. The standard InChI is InChI=1S/C17H17F17O6/c18-10(19,2-1-3-39-4-5-6(35)7(36)8(37)9(38)40-5)11(20,21)12(22,23)13(24,25)14(26,27)15(28,29)16(30,31)17(32,33)34/h5-9,35-38H,1-4H2/t5-,6-,7+,8+,9-/m1/s1. The van der Waals surface area contributed by atoms with Crippen molar-refractivity contribution >= 4 is 0 Å². The Balaban J connectivity index is 3.06. The Morgan fingerprint density at radius 1 is 0.525 bits per heavy atom. The van der Waals surface area contributed by atoms with E-state index in [2.05, 4.69) is 9.47 Å². The molecule has 0 aromatic carbocycles. The molecule has 1 aliphatic heterocycles. The van der Waals surface area contributed by atoms with Crippen molar-refractivity contribution < 1.29 is 105 Å². The van der Waals surface area contributed by atoms with Gasteiger partial charge in [-0.1, -0.05) is 0 Å². The van der Waals surface area contributed by atoms with Gasteiger partial charge in [-0.2, -0.15) is 74.6 Å². The normalized spacial score (nSPS) is 26.8. The van der Waals surface area contributed by atoms with Crippen molar-refractivity contribution in [2.24, 2.45) is 0 Å². The third kappa shape index (κ3) is 5.64. The van der Waals surface area contributed by atoms with E-state index in [-0.39, 0.29) is 0 Å². The number of alkyl halides is 17. The first-order valence-corrected chi connectivity index (χ1v) is 10.1. The van der Waals surface area contributed by atoms with E-state index in [1.165, 1.54) is 0 Å². The maximum Gasteiger partial charge on any atom is 0.460 e. The lowest BCUT2D eigenvalue weighted by Gasteiger charge is -2.42. The molecule has 240 valence electrons. The van der Waals surface area contributed by atoms with Gasteiger partial charge >= 0.3 is 47.6 Å². The lowest BCUT2D eigenvalue weighted by molar-refractivity contribution is -0.461. The SMILES string of the molecule is O[C@@H]1[C@H](O)[C@H](O)O[C@H](COCCCC(F)(F)C(F)(F)C(F)(F)C(F)(F)C(F)(F)C(F)(F)C(F)(F)C(F)(F)F)[C@H]1O. The second-order valence-corrected chi connectivity index (χ2v) is 8.36. The molecule has 0 bridgehead atoms. The van der Waals surface area contributed by atoms with Crippen molar-refractivity contribution in [1.82, 2.24) is 0 Å². The van der Waals surface area contributed by atoms with E-state index in [1.54, 1.807) is 0 Å². The summed E-state index contributed by atoms with van der Waals surface area (Å²) in [4.78, 5) is 0. The fourth-order valence-electron chi connectivity index (χ4n) is 3.02. The molecule has 1 rings (SSSR count). The van der Waals surface area contributed by atoms with Crippen LogP contribution in [0.5, 0.6) is 0 Å². The smallest absolute Gasteiger partial charge is 0.387 e. The lowest BCUT2D eigenvalue weighted by Crippen LogP contribution is -2.74. The predicted molar refractivity (Wildman–Crippen MR) is 89.6 cm³/mol. The summed E-state index contributed by atoms with van der Waals surface area (Å²) < 4.78 is 233. The summed E-state index contributed by atoms with van der Waals surface area (Å²) in [6.07, 6.45) is -22.1. The first kappa shape index (κ1) is 36.6.